The Morgan fingerprint density at radius 2 is 1.93 bits per heavy atom. The monoisotopic (exact) mass is 400 g/mol. The van der Waals surface area contributed by atoms with Gasteiger partial charge in [0.05, 0.1) is 45.1 Å². The fraction of sp³-hybridized carbons (Fsp3) is 0.350. The SMILES string of the molecule is COc1ccc(CN/N=C\c2cc([N+](=O)[O-])ccc2N2CCOCC2)cc1OC. The number of nitro groups is 1. The lowest BCUT2D eigenvalue weighted by Gasteiger charge is -2.29. The maximum atomic E-state index is 11.2. The quantitative estimate of drug-likeness (QED) is 0.413. The zero-order chi connectivity index (χ0) is 20.6. The summed E-state index contributed by atoms with van der Waals surface area (Å²) in [5.74, 6) is 1.30. The first-order valence-electron chi connectivity index (χ1n) is 9.20. The molecule has 9 nitrogen and oxygen atoms in total. The standard InChI is InChI=1S/C20H24N4O5/c1-27-19-6-3-15(11-20(19)28-2)13-21-22-14-16-12-17(24(25)26)4-5-18(16)23-7-9-29-10-8-23/h3-6,11-12,14,21H,7-10,13H2,1-2H3/b22-14-. The Morgan fingerprint density at radius 1 is 1.17 bits per heavy atom. The first kappa shape index (κ1) is 20.4. The second-order valence-electron chi connectivity index (χ2n) is 6.38. The molecule has 0 bridgehead atoms. The molecule has 0 saturated carbocycles. The van der Waals surface area contributed by atoms with Gasteiger partial charge in [-0.2, -0.15) is 5.10 Å². The Hall–Kier alpha value is -3.33. The molecule has 0 radical (unpaired) electrons. The molecule has 29 heavy (non-hydrogen) atoms. The highest BCUT2D eigenvalue weighted by atomic mass is 16.6. The third kappa shape index (κ3) is 5.14. The lowest BCUT2D eigenvalue weighted by Crippen LogP contribution is -2.36. The highest BCUT2D eigenvalue weighted by Crippen LogP contribution is 2.27. The first-order valence-corrected chi connectivity index (χ1v) is 9.20. The van der Waals surface area contributed by atoms with Crippen molar-refractivity contribution in [2.24, 2.45) is 5.10 Å². The average molecular weight is 400 g/mol. The molecule has 1 aliphatic heterocycles. The maximum Gasteiger partial charge on any atom is 0.270 e. The highest BCUT2D eigenvalue weighted by molar-refractivity contribution is 5.89. The number of anilines is 1. The van der Waals surface area contributed by atoms with Crippen LogP contribution in [0.5, 0.6) is 11.5 Å². The molecule has 0 aromatic heterocycles. The van der Waals surface area contributed by atoms with Crippen molar-refractivity contribution < 1.29 is 19.1 Å². The molecule has 1 heterocycles. The maximum absolute atomic E-state index is 11.2. The number of ether oxygens (including phenoxy) is 3. The van der Waals surface area contributed by atoms with Gasteiger partial charge in [-0.25, -0.2) is 0 Å². The third-order valence-corrected chi connectivity index (χ3v) is 4.60. The summed E-state index contributed by atoms with van der Waals surface area (Å²) in [5.41, 5.74) is 5.55. The van der Waals surface area contributed by atoms with Crippen molar-refractivity contribution in [3.8, 4) is 11.5 Å². The van der Waals surface area contributed by atoms with Crippen LogP contribution >= 0.6 is 0 Å². The van der Waals surface area contributed by atoms with Crippen LogP contribution in [0.15, 0.2) is 41.5 Å². The summed E-state index contributed by atoms with van der Waals surface area (Å²) in [6.07, 6.45) is 1.61. The van der Waals surface area contributed by atoms with E-state index in [1.54, 1.807) is 26.5 Å². The van der Waals surface area contributed by atoms with Crippen LogP contribution in [0, 0.1) is 10.1 Å². The van der Waals surface area contributed by atoms with Crippen molar-refractivity contribution in [3.63, 3.8) is 0 Å². The molecular formula is C20H24N4O5. The molecule has 0 atom stereocenters. The summed E-state index contributed by atoms with van der Waals surface area (Å²) in [5, 5.41) is 15.4. The molecule has 0 aliphatic carbocycles. The molecular weight excluding hydrogens is 376 g/mol. The van der Waals surface area contributed by atoms with Gasteiger partial charge in [0.15, 0.2) is 11.5 Å². The van der Waals surface area contributed by atoms with Crippen molar-refractivity contribution in [2.75, 3.05) is 45.4 Å². The number of non-ortho nitro benzene ring substituents is 1. The normalized spacial score (nSPS) is 14.1. The van der Waals surface area contributed by atoms with Crippen molar-refractivity contribution in [1.82, 2.24) is 5.43 Å². The molecule has 3 rings (SSSR count). The molecule has 0 spiro atoms. The van der Waals surface area contributed by atoms with E-state index in [0.29, 0.717) is 36.8 Å². The minimum atomic E-state index is -0.405. The Kier molecular flexibility index (Phi) is 6.85. The van der Waals surface area contributed by atoms with Crippen LogP contribution in [0.4, 0.5) is 11.4 Å². The van der Waals surface area contributed by atoms with E-state index < -0.39 is 4.92 Å². The number of methoxy groups -OCH3 is 2. The topological polar surface area (TPSA) is 98.5 Å². The summed E-state index contributed by atoms with van der Waals surface area (Å²) >= 11 is 0. The van der Waals surface area contributed by atoms with Crippen LogP contribution in [-0.2, 0) is 11.3 Å². The van der Waals surface area contributed by atoms with E-state index in [2.05, 4.69) is 15.4 Å². The largest absolute Gasteiger partial charge is 0.493 e. The third-order valence-electron chi connectivity index (χ3n) is 4.60. The van der Waals surface area contributed by atoms with E-state index in [4.69, 9.17) is 14.2 Å². The van der Waals surface area contributed by atoms with Crippen LogP contribution in [0.3, 0.4) is 0 Å². The van der Waals surface area contributed by atoms with Gasteiger partial charge in [-0.15, -0.1) is 0 Å². The molecule has 1 N–H and O–H groups in total. The second kappa shape index (κ2) is 9.74. The second-order valence-corrected chi connectivity index (χ2v) is 6.38. The molecule has 0 amide bonds. The highest BCUT2D eigenvalue weighted by Gasteiger charge is 2.17. The number of nitrogens with one attached hydrogen (secondary N) is 1. The van der Waals surface area contributed by atoms with E-state index >= 15 is 0 Å². The van der Waals surface area contributed by atoms with E-state index in [-0.39, 0.29) is 5.69 Å². The number of hydrogen-bond donors (Lipinski definition) is 1. The van der Waals surface area contributed by atoms with Crippen LogP contribution in [-0.4, -0.2) is 51.7 Å². The lowest BCUT2D eigenvalue weighted by atomic mass is 10.1. The van der Waals surface area contributed by atoms with Crippen LogP contribution in [0.1, 0.15) is 11.1 Å². The molecule has 0 unspecified atom stereocenters. The smallest absolute Gasteiger partial charge is 0.270 e. The fourth-order valence-electron chi connectivity index (χ4n) is 3.09. The molecule has 2 aromatic rings. The Bertz CT molecular complexity index is 881. The summed E-state index contributed by atoms with van der Waals surface area (Å²) in [4.78, 5) is 12.9. The minimum absolute atomic E-state index is 0.0309. The summed E-state index contributed by atoms with van der Waals surface area (Å²) < 4.78 is 15.9. The predicted molar refractivity (Wildman–Crippen MR) is 110 cm³/mol. The number of hydrogen-bond acceptors (Lipinski definition) is 8. The molecule has 1 aliphatic rings. The van der Waals surface area contributed by atoms with Gasteiger partial charge in [0, 0.05) is 36.5 Å². The van der Waals surface area contributed by atoms with Gasteiger partial charge in [-0.1, -0.05) is 6.07 Å². The molecule has 1 fully saturated rings. The van der Waals surface area contributed by atoms with Gasteiger partial charge >= 0.3 is 0 Å². The Balaban J connectivity index is 1.73. The number of nitro benzene ring substituents is 1. The minimum Gasteiger partial charge on any atom is -0.493 e. The average Bonchev–Trinajstić information content (AvgIpc) is 2.77. The van der Waals surface area contributed by atoms with Gasteiger partial charge in [0.1, 0.15) is 0 Å². The van der Waals surface area contributed by atoms with Gasteiger partial charge in [-0.05, 0) is 23.8 Å². The zero-order valence-electron chi connectivity index (χ0n) is 16.5. The van der Waals surface area contributed by atoms with Crippen LogP contribution in [0.2, 0.25) is 0 Å². The van der Waals surface area contributed by atoms with Crippen LogP contribution in [0.25, 0.3) is 0 Å². The molecule has 2 aromatic carbocycles. The summed E-state index contributed by atoms with van der Waals surface area (Å²) in [7, 11) is 3.17. The fourth-order valence-corrected chi connectivity index (χ4v) is 3.09. The van der Waals surface area contributed by atoms with E-state index in [9.17, 15) is 10.1 Å². The molecule has 1 saturated heterocycles. The van der Waals surface area contributed by atoms with E-state index in [1.165, 1.54) is 12.1 Å². The summed E-state index contributed by atoms with van der Waals surface area (Å²) in [6.45, 7) is 3.20. The predicted octanol–water partition coefficient (Wildman–Crippen LogP) is 2.57. The van der Waals surface area contributed by atoms with Gasteiger partial charge < -0.3 is 24.5 Å². The van der Waals surface area contributed by atoms with Gasteiger partial charge in [0.25, 0.3) is 5.69 Å². The van der Waals surface area contributed by atoms with Crippen molar-refractivity contribution >= 4 is 17.6 Å². The van der Waals surface area contributed by atoms with Crippen molar-refractivity contribution in [1.29, 1.82) is 0 Å². The number of hydrazone groups is 1. The van der Waals surface area contributed by atoms with Crippen LogP contribution < -0.4 is 19.8 Å². The molecule has 9 heteroatoms. The zero-order valence-corrected chi connectivity index (χ0v) is 16.5. The lowest BCUT2D eigenvalue weighted by molar-refractivity contribution is -0.384. The van der Waals surface area contributed by atoms with Crippen molar-refractivity contribution in [2.45, 2.75) is 6.54 Å². The Labute approximate surface area is 169 Å². The number of nitrogens with zero attached hydrogens (tertiary/aromatic N) is 3. The van der Waals surface area contributed by atoms with Crippen molar-refractivity contribution in [3.05, 3.63) is 57.6 Å². The van der Waals surface area contributed by atoms with Gasteiger partial charge in [0.2, 0.25) is 0 Å². The number of morpholine rings is 1. The number of rotatable bonds is 8. The summed E-state index contributed by atoms with van der Waals surface area (Å²) in [6, 6.07) is 10.4. The Morgan fingerprint density at radius 3 is 2.62 bits per heavy atom. The van der Waals surface area contributed by atoms with Gasteiger partial charge in [-0.3, -0.25) is 10.1 Å². The van der Waals surface area contributed by atoms with E-state index in [0.717, 1.165) is 24.3 Å². The first-order chi connectivity index (χ1) is 14.1. The number of benzene rings is 2. The molecule has 154 valence electrons. The van der Waals surface area contributed by atoms with E-state index in [1.807, 2.05) is 18.2 Å².